The average molecular weight is 398 g/mol. The van der Waals surface area contributed by atoms with E-state index in [4.69, 9.17) is 10.3 Å². The molecule has 1 aromatic heterocycles. The highest BCUT2D eigenvalue weighted by Gasteiger charge is 2.13. The lowest BCUT2D eigenvalue weighted by Crippen LogP contribution is -2.19. The Morgan fingerprint density at radius 2 is 1.79 bits per heavy atom. The Labute approximate surface area is 162 Å². The summed E-state index contributed by atoms with van der Waals surface area (Å²) in [5.74, 6) is -0.590. The first-order valence-corrected chi connectivity index (χ1v) is 9.74. The SMILES string of the molecule is CN(O)C(=O)/C=C/c1cc(-c2ccccc2)n(-c2ccc(S(N)(=O)=O)cc2)n1. The number of nitrogens with zero attached hydrogens (tertiary/aromatic N) is 3. The number of hydrogen-bond donors (Lipinski definition) is 2. The minimum absolute atomic E-state index is 0.00127. The van der Waals surface area contributed by atoms with Gasteiger partial charge in [0.2, 0.25) is 10.0 Å². The number of carbonyl (C=O) groups excluding carboxylic acids is 1. The van der Waals surface area contributed by atoms with Crippen molar-refractivity contribution in [3.8, 4) is 16.9 Å². The molecule has 0 aliphatic carbocycles. The fourth-order valence-electron chi connectivity index (χ4n) is 2.53. The highest BCUT2D eigenvalue weighted by molar-refractivity contribution is 7.89. The molecular weight excluding hydrogens is 380 g/mol. The maximum absolute atomic E-state index is 11.6. The van der Waals surface area contributed by atoms with Gasteiger partial charge >= 0.3 is 0 Å². The zero-order valence-corrected chi connectivity index (χ0v) is 15.7. The van der Waals surface area contributed by atoms with E-state index in [0.29, 0.717) is 16.4 Å². The minimum atomic E-state index is -3.79. The van der Waals surface area contributed by atoms with Crippen LogP contribution in [0, 0.1) is 0 Å². The summed E-state index contributed by atoms with van der Waals surface area (Å²) in [5.41, 5.74) is 2.74. The first-order valence-electron chi connectivity index (χ1n) is 8.19. The minimum Gasteiger partial charge on any atom is -0.286 e. The van der Waals surface area contributed by atoms with Crippen LogP contribution in [0.4, 0.5) is 0 Å². The molecule has 0 atom stereocenters. The summed E-state index contributed by atoms with van der Waals surface area (Å²) < 4.78 is 24.6. The summed E-state index contributed by atoms with van der Waals surface area (Å²) in [7, 11) is -2.56. The third kappa shape index (κ3) is 4.34. The molecule has 0 saturated heterocycles. The Kier molecular flexibility index (Phi) is 5.41. The number of amides is 1. The third-order valence-corrected chi connectivity index (χ3v) is 4.85. The maximum atomic E-state index is 11.6. The van der Waals surface area contributed by atoms with Crippen molar-refractivity contribution < 1.29 is 18.4 Å². The lowest BCUT2D eigenvalue weighted by molar-refractivity contribution is -0.153. The molecule has 0 radical (unpaired) electrons. The smallest absolute Gasteiger partial charge is 0.269 e. The summed E-state index contributed by atoms with van der Waals surface area (Å²) in [4.78, 5) is 11.6. The molecule has 0 aliphatic heterocycles. The number of aromatic nitrogens is 2. The van der Waals surface area contributed by atoms with Gasteiger partial charge in [0.1, 0.15) is 0 Å². The van der Waals surface area contributed by atoms with E-state index in [2.05, 4.69) is 5.10 Å². The Hall–Kier alpha value is -3.27. The van der Waals surface area contributed by atoms with Crippen LogP contribution in [0.2, 0.25) is 0 Å². The molecule has 8 nitrogen and oxygen atoms in total. The van der Waals surface area contributed by atoms with Gasteiger partial charge in [-0.2, -0.15) is 5.10 Å². The third-order valence-electron chi connectivity index (χ3n) is 3.92. The molecule has 28 heavy (non-hydrogen) atoms. The van der Waals surface area contributed by atoms with Crippen molar-refractivity contribution >= 4 is 22.0 Å². The van der Waals surface area contributed by atoms with Crippen LogP contribution in [0.5, 0.6) is 0 Å². The van der Waals surface area contributed by atoms with E-state index < -0.39 is 15.9 Å². The number of likely N-dealkylation sites (N-methyl/N-ethyl adjacent to an activating group) is 1. The van der Waals surface area contributed by atoms with Crippen LogP contribution in [0.25, 0.3) is 23.0 Å². The molecule has 0 bridgehead atoms. The fraction of sp³-hybridized carbons (Fsp3) is 0.0526. The van der Waals surface area contributed by atoms with Crippen molar-refractivity contribution in [1.82, 2.24) is 14.8 Å². The van der Waals surface area contributed by atoms with E-state index >= 15 is 0 Å². The van der Waals surface area contributed by atoms with Gasteiger partial charge in [-0.25, -0.2) is 23.3 Å². The number of hydroxylamine groups is 2. The van der Waals surface area contributed by atoms with Gasteiger partial charge in [0.05, 0.1) is 22.0 Å². The standard InChI is InChI=1S/C19H18N4O4S/c1-22(25)19(24)12-7-15-13-18(14-5-3-2-4-6-14)23(21-15)16-8-10-17(11-9-16)28(20,26)27/h2-13,25H,1H3,(H2,20,26,27)/b12-7+. The van der Waals surface area contributed by atoms with Crippen molar-refractivity contribution in [2.45, 2.75) is 4.90 Å². The van der Waals surface area contributed by atoms with Crippen LogP contribution in [0.3, 0.4) is 0 Å². The van der Waals surface area contributed by atoms with Crippen LogP contribution in [0.1, 0.15) is 5.69 Å². The summed E-state index contributed by atoms with van der Waals surface area (Å²) in [6.07, 6.45) is 2.68. The van der Waals surface area contributed by atoms with E-state index in [1.54, 1.807) is 22.9 Å². The average Bonchev–Trinajstić information content (AvgIpc) is 3.10. The number of nitrogens with two attached hydrogens (primary N) is 1. The molecule has 0 unspecified atom stereocenters. The van der Waals surface area contributed by atoms with Crippen LogP contribution in [-0.2, 0) is 14.8 Å². The fourth-order valence-corrected chi connectivity index (χ4v) is 3.05. The van der Waals surface area contributed by atoms with E-state index in [1.165, 1.54) is 31.3 Å². The predicted octanol–water partition coefficient (Wildman–Crippen LogP) is 2.05. The van der Waals surface area contributed by atoms with Gasteiger partial charge in [-0.3, -0.25) is 10.0 Å². The first kappa shape index (κ1) is 19.5. The zero-order valence-electron chi connectivity index (χ0n) is 14.9. The van der Waals surface area contributed by atoms with Crippen molar-refractivity contribution in [2.24, 2.45) is 5.14 Å². The van der Waals surface area contributed by atoms with Crippen molar-refractivity contribution in [1.29, 1.82) is 0 Å². The Balaban J connectivity index is 2.07. The Morgan fingerprint density at radius 1 is 1.14 bits per heavy atom. The second kappa shape index (κ2) is 7.77. The zero-order chi connectivity index (χ0) is 20.3. The number of primary sulfonamides is 1. The highest BCUT2D eigenvalue weighted by Crippen LogP contribution is 2.25. The molecular formula is C19H18N4O4S. The van der Waals surface area contributed by atoms with Gasteiger partial charge in [-0.15, -0.1) is 0 Å². The van der Waals surface area contributed by atoms with E-state index in [0.717, 1.165) is 11.3 Å². The lowest BCUT2D eigenvalue weighted by Gasteiger charge is -2.08. The topological polar surface area (TPSA) is 119 Å². The second-order valence-electron chi connectivity index (χ2n) is 5.97. The van der Waals surface area contributed by atoms with Gasteiger partial charge in [0.15, 0.2) is 0 Å². The van der Waals surface area contributed by atoms with Crippen LogP contribution >= 0.6 is 0 Å². The monoisotopic (exact) mass is 398 g/mol. The molecule has 0 aliphatic rings. The van der Waals surface area contributed by atoms with Crippen LogP contribution < -0.4 is 5.14 Å². The first-order chi connectivity index (χ1) is 13.3. The number of rotatable bonds is 5. The Morgan fingerprint density at radius 3 is 2.36 bits per heavy atom. The molecule has 0 spiro atoms. The maximum Gasteiger partial charge on any atom is 0.269 e. The van der Waals surface area contributed by atoms with Crippen LogP contribution in [0.15, 0.2) is 71.6 Å². The van der Waals surface area contributed by atoms with E-state index in [1.807, 2.05) is 30.3 Å². The molecule has 144 valence electrons. The molecule has 0 fully saturated rings. The molecule has 2 aromatic carbocycles. The van der Waals surface area contributed by atoms with E-state index in [9.17, 15) is 13.2 Å². The molecule has 1 heterocycles. The van der Waals surface area contributed by atoms with Gasteiger partial charge in [-0.05, 0) is 36.4 Å². The summed E-state index contributed by atoms with van der Waals surface area (Å²) in [6, 6.07) is 17.3. The van der Waals surface area contributed by atoms with Gasteiger partial charge in [0.25, 0.3) is 5.91 Å². The van der Waals surface area contributed by atoms with Gasteiger partial charge < -0.3 is 0 Å². The number of sulfonamides is 1. The second-order valence-corrected chi connectivity index (χ2v) is 7.53. The predicted molar refractivity (Wildman–Crippen MR) is 104 cm³/mol. The number of hydrogen-bond acceptors (Lipinski definition) is 5. The van der Waals surface area contributed by atoms with Crippen molar-refractivity contribution in [3.63, 3.8) is 0 Å². The van der Waals surface area contributed by atoms with Crippen molar-refractivity contribution in [2.75, 3.05) is 7.05 Å². The summed E-state index contributed by atoms with van der Waals surface area (Å²) >= 11 is 0. The molecule has 1 amide bonds. The Bertz CT molecular complexity index is 1120. The van der Waals surface area contributed by atoms with Crippen molar-refractivity contribution in [3.05, 3.63) is 72.4 Å². The van der Waals surface area contributed by atoms with Crippen LogP contribution in [-0.4, -0.2) is 41.4 Å². The number of carbonyl (C=O) groups is 1. The van der Waals surface area contributed by atoms with Gasteiger partial charge in [0, 0.05) is 18.7 Å². The quantitative estimate of drug-likeness (QED) is 0.387. The molecule has 3 rings (SSSR count). The molecule has 3 aromatic rings. The molecule has 0 saturated carbocycles. The van der Waals surface area contributed by atoms with E-state index in [-0.39, 0.29) is 4.90 Å². The summed E-state index contributed by atoms with van der Waals surface area (Å²) in [6.45, 7) is 0. The number of benzene rings is 2. The summed E-state index contributed by atoms with van der Waals surface area (Å²) in [5, 5.41) is 19.2. The molecule has 9 heteroatoms. The van der Waals surface area contributed by atoms with Gasteiger partial charge in [-0.1, -0.05) is 30.3 Å². The lowest BCUT2D eigenvalue weighted by atomic mass is 10.1. The highest BCUT2D eigenvalue weighted by atomic mass is 32.2. The normalized spacial score (nSPS) is 11.7. The largest absolute Gasteiger partial charge is 0.286 e. The molecule has 3 N–H and O–H groups in total.